The minimum atomic E-state index is -0.818. The average molecular weight is 454 g/mol. The first kappa shape index (κ1) is 21.1. The number of carbonyl (C=O) groups excluding carboxylic acids is 3. The van der Waals surface area contributed by atoms with Gasteiger partial charge in [-0.05, 0) is 61.3 Å². The molecule has 0 bridgehead atoms. The number of amides is 1. The maximum Gasteiger partial charge on any atom is 0.341 e. The summed E-state index contributed by atoms with van der Waals surface area (Å²) in [5.41, 5.74) is 0.703. The molecule has 8 heteroatoms. The molecule has 144 valence electrons. The standard InChI is InChI=1S/C19H20BrNO5S/c1-5-25-19(24)15-10(2)16(11(3)22)27-18(15)21-17(23)12(4)26-14-9-7-6-8-13(14)20/h6-9,12H,5H2,1-4H3,(H,21,23)/t12-/m1/s1. The van der Waals surface area contributed by atoms with Gasteiger partial charge in [0, 0.05) is 0 Å². The Balaban J connectivity index is 2.25. The van der Waals surface area contributed by atoms with Gasteiger partial charge in [0.15, 0.2) is 11.9 Å². The number of carbonyl (C=O) groups is 3. The largest absolute Gasteiger partial charge is 0.480 e. The van der Waals surface area contributed by atoms with Crippen LogP contribution in [0.5, 0.6) is 5.75 Å². The second-order valence-corrected chi connectivity index (χ2v) is 7.59. The van der Waals surface area contributed by atoms with Crippen LogP contribution in [0.15, 0.2) is 28.7 Å². The van der Waals surface area contributed by atoms with Crippen LogP contribution in [0.1, 0.15) is 46.4 Å². The van der Waals surface area contributed by atoms with Crippen molar-refractivity contribution in [2.75, 3.05) is 11.9 Å². The highest BCUT2D eigenvalue weighted by molar-refractivity contribution is 9.10. The van der Waals surface area contributed by atoms with E-state index >= 15 is 0 Å². The minimum absolute atomic E-state index is 0.180. The topological polar surface area (TPSA) is 81.7 Å². The van der Waals surface area contributed by atoms with Crippen molar-refractivity contribution in [1.29, 1.82) is 0 Å². The van der Waals surface area contributed by atoms with Crippen LogP contribution in [-0.2, 0) is 9.53 Å². The molecule has 1 heterocycles. The van der Waals surface area contributed by atoms with E-state index in [0.717, 1.165) is 15.8 Å². The van der Waals surface area contributed by atoms with Gasteiger partial charge in [0.25, 0.3) is 5.91 Å². The van der Waals surface area contributed by atoms with Crippen LogP contribution in [0.2, 0.25) is 0 Å². The van der Waals surface area contributed by atoms with Crippen molar-refractivity contribution in [2.24, 2.45) is 0 Å². The summed E-state index contributed by atoms with van der Waals surface area (Å²) in [6.45, 7) is 6.56. The Bertz CT molecular complexity index is 877. The molecule has 1 aromatic heterocycles. The molecule has 0 radical (unpaired) electrons. The second-order valence-electron chi connectivity index (χ2n) is 5.72. The van der Waals surface area contributed by atoms with Crippen LogP contribution in [-0.4, -0.2) is 30.4 Å². The Morgan fingerprint density at radius 1 is 1.26 bits per heavy atom. The smallest absolute Gasteiger partial charge is 0.341 e. The zero-order valence-corrected chi connectivity index (χ0v) is 17.8. The van der Waals surface area contributed by atoms with Crippen LogP contribution < -0.4 is 10.1 Å². The van der Waals surface area contributed by atoms with Gasteiger partial charge in [-0.15, -0.1) is 11.3 Å². The maximum absolute atomic E-state index is 12.6. The minimum Gasteiger partial charge on any atom is -0.480 e. The van der Waals surface area contributed by atoms with Gasteiger partial charge in [-0.2, -0.15) is 0 Å². The van der Waals surface area contributed by atoms with Gasteiger partial charge in [0.2, 0.25) is 0 Å². The van der Waals surface area contributed by atoms with Gasteiger partial charge in [0.05, 0.1) is 21.5 Å². The normalized spacial score (nSPS) is 11.6. The Labute approximate surface area is 170 Å². The molecule has 6 nitrogen and oxygen atoms in total. The van der Waals surface area contributed by atoms with Crippen molar-refractivity contribution < 1.29 is 23.9 Å². The molecule has 0 unspecified atom stereocenters. The lowest BCUT2D eigenvalue weighted by Crippen LogP contribution is -2.30. The molecule has 1 atom stereocenters. The van der Waals surface area contributed by atoms with E-state index in [4.69, 9.17) is 9.47 Å². The van der Waals surface area contributed by atoms with E-state index in [-0.39, 0.29) is 23.0 Å². The lowest BCUT2D eigenvalue weighted by Gasteiger charge is -2.15. The van der Waals surface area contributed by atoms with Gasteiger partial charge in [-0.25, -0.2) is 4.79 Å². The van der Waals surface area contributed by atoms with Crippen molar-refractivity contribution in [2.45, 2.75) is 33.8 Å². The Kier molecular flexibility index (Phi) is 7.15. The number of anilines is 1. The summed E-state index contributed by atoms with van der Waals surface area (Å²) in [6.07, 6.45) is -0.818. The first-order valence-corrected chi connectivity index (χ1v) is 9.90. The zero-order chi connectivity index (χ0) is 20.1. The zero-order valence-electron chi connectivity index (χ0n) is 15.4. The summed E-state index contributed by atoms with van der Waals surface area (Å²) >= 11 is 4.42. The van der Waals surface area contributed by atoms with Crippen molar-refractivity contribution >= 4 is 49.9 Å². The summed E-state index contributed by atoms with van der Waals surface area (Å²) in [5, 5.41) is 2.97. The second kappa shape index (κ2) is 9.14. The van der Waals surface area contributed by atoms with Crippen LogP contribution in [0.3, 0.4) is 0 Å². The van der Waals surface area contributed by atoms with E-state index in [9.17, 15) is 14.4 Å². The fourth-order valence-corrected chi connectivity index (χ4v) is 3.86. The lowest BCUT2D eigenvalue weighted by molar-refractivity contribution is -0.122. The number of benzene rings is 1. The number of hydrogen-bond donors (Lipinski definition) is 1. The third-order valence-corrected chi connectivity index (χ3v) is 5.66. The van der Waals surface area contributed by atoms with Crippen LogP contribution in [0.4, 0.5) is 5.00 Å². The molecule has 0 aliphatic rings. The fourth-order valence-electron chi connectivity index (χ4n) is 2.38. The number of ether oxygens (including phenoxy) is 2. The first-order valence-electron chi connectivity index (χ1n) is 8.29. The van der Waals surface area contributed by atoms with Gasteiger partial charge >= 0.3 is 5.97 Å². The number of hydrogen-bond acceptors (Lipinski definition) is 6. The lowest BCUT2D eigenvalue weighted by atomic mass is 10.1. The molecule has 2 aromatic rings. The highest BCUT2D eigenvalue weighted by Gasteiger charge is 2.27. The van der Waals surface area contributed by atoms with Crippen LogP contribution in [0, 0.1) is 6.92 Å². The molecule has 27 heavy (non-hydrogen) atoms. The molecular weight excluding hydrogens is 434 g/mol. The predicted octanol–water partition coefficient (Wildman–Crippen LogP) is 4.60. The monoisotopic (exact) mass is 453 g/mol. The first-order chi connectivity index (χ1) is 12.8. The highest BCUT2D eigenvalue weighted by atomic mass is 79.9. The van der Waals surface area contributed by atoms with E-state index in [0.29, 0.717) is 16.2 Å². The Hall–Kier alpha value is -2.19. The molecule has 0 spiro atoms. The van der Waals surface area contributed by atoms with E-state index in [1.807, 2.05) is 6.07 Å². The SMILES string of the molecule is CCOC(=O)c1c(NC(=O)[C@@H](C)Oc2ccccc2Br)sc(C(C)=O)c1C. The molecule has 0 saturated heterocycles. The summed E-state index contributed by atoms with van der Waals surface area (Å²) in [5.74, 6) is -0.667. The molecule has 0 aliphatic heterocycles. The number of nitrogens with one attached hydrogen (secondary N) is 1. The summed E-state index contributed by atoms with van der Waals surface area (Å²) in [7, 11) is 0. The van der Waals surface area contributed by atoms with E-state index in [1.54, 1.807) is 39.0 Å². The van der Waals surface area contributed by atoms with Gasteiger partial charge in [-0.3, -0.25) is 9.59 Å². The van der Waals surface area contributed by atoms with Crippen molar-refractivity contribution in [3.8, 4) is 5.75 Å². The number of rotatable bonds is 7. The van der Waals surface area contributed by atoms with Gasteiger partial charge in [-0.1, -0.05) is 12.1 Å². The molecule has 1 amide bonds. The van der Waals surface area contributed by atoms with E-state index in [1.165, 1.54) is 6.92 Å². The van der Waals surface area contributed by atoms with E-state index in [2.05, 4.69) is 21.2 Å². The highest BCUT2D eigenvalue weighted by Crippen LogP contribution is 2.34. The third-order valence-electron chi connectivity index (χ3n) is 3.69. The van der Waals surface area contributed by atoms with Gasteiger partial charge in [0.1, 0.15) is 10.8 Å². The molecule has 0 aliphatic carbocycles. The van der Waals surface area contributed by atoms with Crippen LogP contribution in [0.25, 0.3) is 0 Å². The molecule has 0 saturated carbocycles. The fraction of sp³-hybridized carbons (Fsp3) is 0.316. The Morgan fingerprint density at radius 2 is 1.93 bits per heavy atom. The van der Waals surface area contributed by atoms with Gasteiger partial charge < -0.3 is 14.8 Å². The van der Waals surface area contributed by atoms with E-state index < -0.39 is 18.0 Å². The number of ketones is 1. The molecule has 2 rings (SSSR count). The predicted molar refractivity (Wildman–Crippen MR) is 108 cm³/mol. The number of para-hydroxylation sites is 1. The number of halogens is 1. The quantitative estimate of drug-likeness (QED) is 0.489. The summed E-state index contributed by atoms with van der Waals surface area (Å²) in [4.78, 5) is 37.1. The van der Waals surface area contributed by atoms with Crippen LogP contribution >= 0.6 is 27.3 Å². The average Bonchev–Trinajstić information content (AvgIpc) is 2.93. The molecule has 1 aromatic carbocycles. The molecule has 0 fully saturated rings. The number of Topliss-reactive ketones (excluding diaryl/α,β-unsaturated/α-hetero) is 1. The maximum atomic E-state index is 12.6. The summed E-state index contributed by atoms with van der Waals surface area (Å²) < 4.78 is 11.5. The van der Waals surface area contributed by atoms with Crippen molar-refractivity contribution in [3.63, 3.8) is 0 Å². The Morgan fingerprint density at radius 3 is 2.52 bits per heavy atom. The summed E-state index contributed by atoms with van der Waals surface area (Å²) in [6, 6.07) is 7.18. The third kappa shape index (κ3) is 4.95. The molecular formula is C19H20BrNO5S. The van der Waals surface area contributed by atoms with Crippen molar-refractivity contribution in [1.82, 2.24) is 0 Å². The number of thiophene rings is 1. The number of esters is 1. The molecule has 1 N–H and O–H groups in total. The van der Waals surface area contributed by atoms with Crippen molar-refractivity contribution in [3.05, 3.63) is 44.7 Å².